The number of hydrogen-bond acceptors (Lipinski definition) is 5. The summed E-state index contributed by atoms with van der Waals surface area (Å²) in [6.45, 7) is 0.137. The standard InChI is InChI=1S/C9H14N2O3S2/c10-8-6-7(15-5-1-4-12)2-3-9(8)16(11,13)14/h2-3,6,12H,1,4-5,10H2,(H2,11,13,14). The third-order valence-electron chi connectivity index (χ3n) is 1.86. The Kier molecular flexibility index (Phi) is 4.60. The Morgan fingerprint density at radius 2 is 2.06 bits per heavy atom. The second-order valence-corrected chi connectivity index (χ2v) is 5.87. The van der Waals surface area contributed by atoms with Gasteiger partial charge in [-0.2, -0.15) is 0 Å². The van der Waals surface area contributed by atoms with Crippen molar-refractivity contribution in [3.8, 4) is 0 Å². The number of hydrogen-bond donors (Lipinski definition) is 3. The smallest absolute Gasteiger partial charge is 0.240 e. The predicted octanol–water partition coefficient (Wildman–Crippen LogP) is 0.391. The summed E-state index contributed by atoms with van der Waals surface area (Å²) in [4.78, 5) is 0.803. The molecule has 0 spiro atoms. The molecular weight excluding hydrogens is 248 g/mol. The van der Waals surface area contributed by atoms with E-state index in [2.05, 4.69) is 0 Å². The average molecular weight is 262 g/mol. The number of sulfonamides is 1. The molecule has 1 aromatic rings. The number of thioether (sulfide) groups is 1. The average Bonchev–Trinajstić information content (AvgIpc) is 2.16. The van der Waals surface area contributed by atoms with E-state index in [1.807, 2.05) is 0 Å². The molecule has 16 heavy (non-hydrogen) atoms. The van der Waals surface area contributed by atoms with Gasteiger partial charge in [-0.3, -0.25) is 0 Å². The number of rotatable bonds is 5. The molecule has 0 bridgehead atoms. The lowest BCUT2D eigenvalue weighted by Gasteiger charge is -2.06. The normalized spacial score (nSPS) is 11.6. The summed E-state index contributed by atoms with van der Waals surface area (Å²) < 4.78 is 22.2. The highest BCUT2D eigenvalue weighted by Gasteiger charge is 2.12. The second kappa shape index (κ2) is 5.53. The van der Waals surface area contributed by atoms with Gasteiger partial charge in [-0.15, -0.1) is 11.8 Å². The minimum Gasteiger partial charge on any atom is -0.398 e. The summed E-state index contributed by atoms with van der Waals surface area (Å²) in [5.41, 5.74) is 5.74. The highest BCUT2D eigenvalue weighted by atomic mass is 32.2. The van der Waals surface area contributed by atoms with Gasteiger partial charge < -0.3 is 10.8 Å². The molecule has 0 heterocycles. The zero-order valence-electron chi connectivity index (χ0n) is 8.59. The summed E-state index contributed by atoms with van der Waals surface area (Å²) in [6.07, 6.45) is 0.682. The lowest BCUT2D eigenvalue weighted by atomic mass is 10.3. The molecule has 0 saturated heterocycles. The zero-order chi connectivity index (χ0) is 12.2. The lowest BCUT2D eigenvalue weighted by molar-refractivity contribution is 0.296. The molecule has 0 aromatic heterocycles. The third-order valence-corrected chi connectivity index (χ3v) is 3.92. The number of anilines is 1. The molecular formula is C9H14N2O3S2. The van der Waals surface area contributed by atoms with Crippen LogP contribution in [0.25, 0.3) is 0 Å². The van der Waals surface area contributed by atoms with Gasteiger partial charge in [0.1, 0.15) is 4.90 Å². The predicted molar refractivity (Wildman–Crippen MR) is 64.7 cm³/mol. The Morgan fingerprint density at radius 3 is 2.56 bits per heavy atom. The maximum absolute atomic E-state index is 11.1. The van der Waals surface area contributed by atoms with Gasteiger partial charge >= 0.3 is 0 Å². The molecule has 1 aromatic carbocycles. The van der Waals surface area contributed by atoms with E-state index in [-0.39, 0.29) is 17.2 Å². The fourth-order valence-corrected chi connectivity index (χ4v) is 2.66. The highest BCUT2D eigenvalue weighted by molar-refractivity contribution is 7.99. The molecule has 0 aliphatic carbocycles. The van der Waals surface area contributed by atoms with Gasteiger partial charge in [0.05, 0.1) is 5.69 Å². The van der Waals surface area contributed by atoms with Crippen LogP contribution in [0.2, 0.25) is 0 Å². The van der Waals surface area contributed by atoms with Crippen LogP contribution >= 0.6 is 11.8 Å². The van der Waals surface area contributed by atoms with Gasteiger partial charge in [-0.05, 0) is 24.6 Å². The Morgan fingerprint density at radius 1 is 1.38 bits per heavy atom. The first-order valence-electron chi connectivity index (χ1n) is 4.61. The van der Waals surface area contributed by atoms with Crippen molar-refractivity contribution in [2.75, 3.05) is 18.1 Å². The van der Waals surface area contributed by atoms with Crippen LogP contribution in [-0.4, -0.2) is 25.9 Å². The van der Waals surface area contributed by atoms with E-state index in [0.29, 0.717) is 6.42 Å². The van der Waals surface area contributed by atoms with E-state index in [9.17, 15) is 8.42 Å². The highest BCUT2D eigenvalue weighted by Crippen LogP contribution is 2.25. The van der Waals surface area contributed by atoms with E-state index < -0.39 is 10.0 Å². The van der Waals surface area contributed by atoms with E-state index >= 15 is 0 Å². The number of benzene rings is 1. The van der Waals surface area contributed by atoms with E-state index in [0.717, 1.165) is 10.6 Å². The van der Waals surface area contributed by atoms with Gasteiger partial charge in [0.2, 0.25) is 10.0 Å². The SMILES string of the molecule is Nc1cc(SCCCO)ccc1S(N)(=O)=O. The van der Waals surface area contributed by atoms with Crippen LogP contribution < -0.4 is 10.9 Å². The summed E-state index contributed by atoms with van der Waals surface area (Å²) in [5, 5.41) is 13.6. The van der Waals surface area contributed by atoms with Crippen LogP contribution in [0.3, 0.4) is 0 Å². The molecule has 0 fully saturated rings. The molecule has 0 aliphatic heterocycles. The third kappa shape index (κ3) is 3.67. The van der Waals surface area contributed by atoms with Crippen molar-refractivity contribution >= 4 is 27.5 Å². The molecule has 90 valence electrons. The van der Waals surface area contributed by atoms with Crippen LogP contribution in [0.15, 0.2) is 28.0 Å². The van der Waals surface area contributed by atoms with E-state index in [1.54, 1.807) is 12.1 Å². The van der Waals surface area contributed by atoms with Crippen LogP contribution in [-0.2, 0) is 10.0 Å². The maximum Gasteiger partial charge on any atom is 0.240 e. The van der Waals surface area contributed by atoms with Crippen LogP contribution in [0.1, 0.15) is 6.42 Å². The Labute approximate surface area is 98.9 Å². The number of nitrogens with two attached hydrogens (primary N) is 2. The molecule has 0 aliphatic rings. The summed E-state index contributed by atoms with van der Waals surface area (Å²) >= 11 is 1.50. The molecule has 7 heteroatoms. The van der Waals surface area contributed by atoms with Gasteiger partial charge in [0.25, 0.3) is 0 Å². The quantitative estimate of drug-likeness (QED) is 0.404. The number of aliphatic hydroxyl groups excluding tert-OH is 1. The molecule has 0 radical (unpaired) electrons. The minimum absolute atomic E-state index is 0.0565. The Bertz CT molecular complexity index is 460. The fourth-order valence-electron chi connectivity index (χ4n) is 1.13. The second-order valence-electron chi connectivity index (χ2n) is 3.17. The van der Waals surface area contributed by atoms with Crippen LogP contribution in [0.4, 0.5) is 5.69 Å². The molecule has 5 nitrogen and oxygen atoms in total. The largest absolute Gasteiger partial charge is 0.398 e. The molecule has 0 amide bonds. The lowest BCUT2D eigenvalue weighted by Crippen LogP contribution is -2.14. The maximum atomic E-state index is 11.1. The van der Waals surface area contributed by atoms with Gasteiger partial charge in [0, 0.05) is 17.3 Å². The summed E-state index contributed by atoms with van der Waals surface area (Å²) in [7, 11) is -3.75. The Hall–Kier alpha value is -0.760. The van der Waals surface area contributed by atoms with E-state index in [1.165, 1.54) is 17.8 Å². The van der Waals surface area contributed by atoms with Crippen molar-refractivity contribution in [1.29, 1.82) is 0 Å². The van der Waals surface area contributed by atoms with Gasteiger partial charge in [0.15, 0.2) is 0 Å². The van der Waals surface area contributed by atoms with Gasteiger partial charge in [-0.25, -0.2) is 13.6 Å². The first-order valence-corrected chi connectivity index (χ1v) is 7.14. The van der Waals surface area contributed by atoms with E-state index in [4.69, 9.17) is 16.0 Å². The van der Waals surface area contributed by atoms with Crippen molar-refractivity contribution in [3.63, 3.8) is 0 Å². The molecule has 1 rings (SSSR count). The zero-order valence-corrected chi connectivity index (χ0v) is 10.2. The van der Waals surface area contributed by atoms with Crippen molar-refractivity contribution in [3.05, 3.63) is 18.2 Å². The topological polar surface area (TPSA) is 106 Å². The minimum atomic E-state index is -3.75. The first-order chi connectivity index (χ1) is 7.45. The first kappa shape index (κ1) is 13.3. The van der Waals surface area contributed by atoms with Crippen LogP contribution in [0.5, 0.6) is 0 Å². The number of nitrogen functional groups attached to an aromatic ring is 1. The fraction of sp³-hybridized carbons (Fsp3) is 0.333. The number of aliphatic hydroxyl groups is 1. The molecule has 0 atom stereocenters. The van der Waals surface area contributed by atoms with Crippen molar-refractivity contribution < 1.29 is 13.5 Å². The van der Waals surface area contributed by atoms with Gasteiger partial charge in [-0.1, -0.05) is 0 Å². The monoisotopic (exact) mass is 262 g/mol. The van der Waals surface area contributed by atoms with Crippen molar-refractivity contribution in [2.45, 2.75) is 16.2 Å². The van der Waals surface area contributed by atoms with Crippen molar-refractivity contribution in [2.24, 2.45) is 5.14 Å². The summed E-state index contributed by atoms with van der Waals surface area (Å²) in [5.74, 6) is 0.755. The van der Waals surface area contributed by atoms with Crippen molar-refractivity contribution in [1.82, 2.24) is 0 Å². The molecule has 0 saturated carbocycles. The molecule has 5 N–H and O–H groups in total. The molecule has 0 unspecified atom stereocenters. The Balaban J connectivity index is 2.83. The van der Waals surface area contributed by atoms with Crippen LogP contribution in [0, 0.1) is 0 Å². The summed E-state index contributed by atoms with van der Waals surface area (Å²) in [6, 6.07) is 4.62. The number of primary sulfonamides is 1.